The van der Waals surface area contributed by atoms with Gasteiger partial charge in [-0.1, -0.05) is 32.9 Å². The van der Waals surface area contributed by atoms with Crippen LogP contribution in [0.5, 0.6) is 0 Å². The van der Waals surface area contributed by atoms with Gasteiger partial charge in [-0.3, -0.25) is 4.79 Å². The van der Waals surface area contributed by atoms with E-state index >= 15 is 0 Å². The number of carbonyl (C=O) groups is 1. The lowest BCUT2D eigenvalue weighted by Gasteiger charge is -2.31. The molecule has 2 heterocycles. The summed E-state index contributed by atoms with van der Waals surface area (Å²) >= 11 is 0. The van der Waals surface area contributed by atoms with Crippen molar-refractivity contribution >= 4 is 5.91 Å². The zero-order valence-electron chi connectivity index (χ0n) is 15.5. The Hall–Kier alpha value is -2.38. The van der Waals surface area contributed by atoms with Gasteiger partial charge in [-0.15, -0.1) is 10.2 Å². The van der Waals surface area contributed by atoms with Crippen molar-refractivity contribution in [1.29, 1.82) is 0 Å². The van der Waals surface area contributed by atoms with Gasteiger partial charge >= 0.3 is 12.1 Å². The van der Waals surface area contributed by atoms with Crippen molar-refractivity contribution in [2.24, 2.45) is 0 Å². The van der Waals surface area contributed by atoms with E-state index in [1.165, 1.54) is 0 Å². The van der Waals surface area contributed by atoms with Gasteiger partial charge in [0.25, 0.3) is 5.91 Å². The van der Waals surface area contributed by atoms with Crippen molar-refractivity contribution in [3.63, 3.8) is 0 Å². The average molecular weight is 381 g/mol. The van der Waals surface area contributed by atoms with Crippen LogP contribution in [-0.4, -0.2) is 34.1 Å². The molecule has 1 unspecified atom stereocenters. The molecule has 0 bridgehead atoms. The second-order valence-electron chi connectivity index (χ2n) is 7.86. The number of hydrogen-bond donors (Lipinski definition) is 0. The first-order chi connectivity index (χ1) is 12.6. The van der Waals surface area contributed by atoms with Crippen LogP contribution < -0.4 is 0 Å². The van der Waals surface area contributed by atoms with E-state index in [1.54, 1.807) is 17.0 Å². The highest BCUT2D eigenvalue weighted by molar-refractivity contribution is 5.94. The topological polar surface area (TPSA) is 59.2 Å². The van der Waals surface area contributed by atoms with E-state index in [0.29, 0.717) is 24.9 Å². The molecular weight excluding hydrogens is 359 g/mol. The number of benzene rings is 1. The molecule has 146 valence electrons. The second kappa shape index (κ2) is 6.98. The first kappa shape index (κ1) is 19.4. The van der Waals surface area contributed by atoms with Gasteiger partial charge in [0.1, 0.15) is 0 Å². The maximum Gasteiger partial charge on any atom is 0.470 e. The summed E-state index contributed by atoms with van der Waals surface area (Å²) in [5.41, 5.74) is 1.68. The number of aromatic nitrogens is 2. The Kier molecular flexibility index (Phi) is 5.01. The maximum absolute atomic E-state index is 12.8. The fourth-order valence-electron chi connectivity index (χ4n) is 3.17. The van der Waals surface area contributed by atoms with E-state index in [1.807, 2.05) is 12.1 Å². The highest BCUT2D eigenvalue weighted by Gasteiger charge is 2.39. The van der Waals surface area contributed by atoms with Gasteiger partial charge in [0.15, 0.2) is 0 Å². The van der Waals surface area contributed by atoms with Crippen molar-refractivity contribution in [3.8, 4) is 0 Å². The third-order valence-corrected chi connectivity index (χ3v) is 4.74. The molecule has 8 heteroatoms. The van der Waals surface area contributed by atoms with Gasteiger partial charge in [0.2, 0.25) is 5.89 Å². The van der Waals surface area contributed by atoms with Crippen LogP contribution >= 0.6 is 0 Å². The van der Waals surface area contributed by atoms with Crippen molar-refractivity contribution in [3.05, 3.63) is 47.2 Å². The Morgan fingerprint density at radius 3 is 2.37 bits per heavy atom. The van der Waals surface area contributed by atoms with Crippen LogP contribution in [0.2, 0.25) is 0 Å². The minimum Gasteiger partial charge on any atom is -0.417 e. The summed E-state index contributed by atoms with van der Waals surface area (Å²) in [5, 5.41) is 6.62. The molecule has 1 aliphatic rings. The van der Waals surface area contributed by atoms with E-state index in [4.69, 9.17) is 4.42 Å². The smallest absolute Gasteiger partial charge is 0.417 e. The number of likely N-dealkylation sites (tertiary alicyclic amines) is 1. The molecular formula is C19H22F3N3O2. The molecule has 0 aliphatic carbocycles. The van der Waals surface area contributed by atoms with Gasteiger partial charge in [0.05, 0.1) is 5.92 Å². The number of carbonyl (C=O) groups excluding carboxylic acids is 1. The molecule has 1 fully saturated rings. The molecule has 1 aromatic heterocycles. The van der Waals surface area contributed by atoms with E-state index in [2.05, 4.69) is 31.0 Å². The zero-order chi connectivity index (χ0) is 19.8. The molecule has 27 heavy (non-hydrogen) atoms. The Balaban J connectivity index is 1.72. The van der Waals surface area contributed by atoms with Gasteiger partial charge in [0, 0.05) is 18.7 Å². The van der Waals surface area contributed by atoms with Crippen LogP contribution in [0.1, 0.15) is 67.2 Å². The van der Waals surface area contributed by atoms with Gasteiger partial charge in [-0.2, -0.15) is 13.2 Å². The summed E-state index contributed by atoms with van der Waals surface area (Å²) in [6, 6.07) is 7.45. The van der Waals surface area contributed by atoms with E-state index in [-0.39, 0.29) is 29.7 Å². The zero-order valence-corrected chi connectivity index (χ0v) is 15.5. The summed E-state index contributed by atoms with van der Waals surface area (Å²) in [7, 11) is 0. The van der Waals surface area contributed by atoms with Crippen LogP contribution in [0.25, 0.3) is 0 Å². The summed E-state index contributed by atoms with van der Waals surface area (Å²) in [6.07, 6.45) is -3.39. The Bertz CT molecular complexity index is 807. The molecule has 1 saturated heterocycles. The predicted octanol–water partition coefficient (Wildman–Crippen LogP) is 4.41. The third-order valence-electron chi connectivity index (χ3n) is 4.74. The lowest BCUT2D eigenvalue weighted by Crippen LogP contribution is -2.39. The summed E-state index contributed by atoms with van der Waals surface area (Å²) in [6.45, 7) is 7.10. The quantitative estimate of drug-likeness (QED) is 0.773. The highest BCUT2D eigenvalue weighted by Crippen LogP contribution is 2.32. The lowest BCUT2D eigenvalue weighted by molar-refractivity contribution is -0.157. The lowest BCUT2D eigenvalue weighted by atomic mass is 9.86. The molecule has 5 nitrogen and oxygen atoms in total. The minimum atomic E-state index is -4.66. The summed E-state index contributed by atoms with van der Waals surface area (Å²) in [4.78, 5) is 14.4. The molecule has 1 amide bonds. The number of alkyl halides is 3. The second-order valence-corrected chi connectivity index (χ2v) is 7.86. The third kappa shape index (κ3) is 4.31. The van der Waals surface area contributed by atoms with Crippen molar-refractivity contribution in [1.82, 2.24) is 15.1 Å². The molecule has 3 rings (SSSR count). The Morgan fingerprint density at radius 2 is 1.81 bits per heavy atom. The van der Waals surface area contributed by atoms with Crippen LogP contribution in [-0.2, 0) is 11.6 Å². The van der Waals surface area contributed by atoms with Crippen LogP contribution in [0, 0.1) is 0 Å². The van der Waals surface area contributed by atoms with Gasteiger partial charge in [-0.25, -0.2) is 0 Å². The monoisotopic (exact) mass is 381 g/mol. The Labute approximate surface area is 155 Å². The molecule has 1 aromatic carbocycles. The Morgan fingerprint density at radius 1 is 1.15 bits per heavy atom. The number of nitrogens with zero attached hydrogens (tertiary/aromatic N) is 3. The van der Waals surface area contributed by atoms with Gasteiger partial charge in [-0.05, 0) is 36.0 Å². The summed E-state index contributed by atoms with van der Waals surface area (Å²) < 4.78 is 42.7. The molecule has 0 N–H and O–H groups in total. The van der Waals surface area contributed by atoms with Crippen LogP contribution in [0.15, 0.2) is 28.7 Å². The standard InChI is InChI=1S/C19H22F3N3O2/c1-18(2,3)14-8-6-12(7-9-14)16(26)25-10-4-5-13(11-25)15-23-24-17(27-15)19(20,21)22/h6-9,13H,4-5,10-11H2,1-3H3. The molecule has 0 saturated carbocycles. The van der Waals surface area contributed by atoms with E-state index in [0.717, 1.165) is 5.56 Å². The van der Waals surface area contributed by atoms with Crippen molar-refractivity contribution in [2.45, 2.75) is 51.1 Å². The van der Waals surface area contributed by atoms with E-state index < -0.39 is 12.1 Å². The molecule has 1 aliphatic heterocycles. The summed E-state index contributed by atoms with van der Waals surface area (Å²) in [5.74, 6) is -1.95. The molecule has 0 spiro atoms. The fourth-order valence-corrected chi connectivity index (χ4v) is 3.17. The largest absolute Gasteiger partial charge is 0.470 e. The fraction of sp³-hybridized carbons (Fsp3) is 0.526. The first-order valence-electron chi connectivity index (χ1n) is 8.86. The molecule has 2 aromatic rings. The molecule has 0 radical (unpaired) electrons. The number of amides is 1. The average Bonchev–Trinajstić information content (AvgIpc) is 3.11. The minimum absolute atomic E-state index is 0.00799. The number of piperidine rings is 1. The number of hydrogen-bond acceptors (Lipinski definition) is 4. The normalized spacial score (nSPS) is 18.6. The van der Waals surface area contributed by atoms with Gasteiger partial charge < -0.3 is 9.32 Å². The number of halogens is 3. The highest BCUT2D eigenvalue weighted by atomic mass is 19.4. The van der Waals surface area contributed by atoms with Crippen molar-refractivity contribution < 1.29 is 22.4 Å². The van der Waals surface area contributed by atoms with Crippen molar-refractivity contribution in [2.75, 3.05) is 13.1 Å². The number of rotatable bonds is 2. The predicted molar refractivity (Wildman–Crippen MR) is 92.3 cm³/mol. The SMILES string of the molecule is CC(C)(C)c1ccc(C(=O)N2CCCC(c3nnc(C(F)(F)F)o3)C2)cc1. The maximum atomic E-state index is 12.8. The van der Waals surface area contributed by atoms with E-state index in [9.17, 15) is 18.0 Å². The van der Waals surface area contributed by atoms with Crippen LogP contribution in [0.4, 0.5) is 13.2 Å². The van der Waals surface area contributed by atoms with Crippen LogP contribution in [0.3, 0.4) is 0 Å². The first-order valence-corrected chi connectivity index (χ1v) is 8.86. The molecule has 1 atom stereocenters.